The summed E-state index contributed by atoms with van der Waals surface area (Å²) in [5.74, 6) is 0.866. The average Bonchev–Trinajstić information content (AvgIpc) is 3.14. The highest BCUT2D eigenvalue weighted by Gasteiger charge is 2.22. The molecule has 0 bridgehead atoms. The summed E-state index contributed by atoms with van der Waals surface area (Å²) in [6.07, 6.45) is -0.316. The van der Waals surface area contributed by atoms with E-state index in [1.807, 2.05) is 29.2 Å². The maximum atomic E-state index is 12.6. The quantitative estimate of drug-likeness (QED) is 0.797. The molecule has 1 fully saturated rings. The Hall–Kier alpha value is -2.81. The van der Waals surface area contributed by atoms with Crippen molar-refractivity contribution in [1.82, 2.24) is 9.88 Å². The molecule has 1 aromatic heterocycles. The van der Waals surface area contributed by atoms with Crippen molar-refractivity contribution in [1.29, 1.82) is 0 Å². The minimum atomic E-state index is -0.539. The van der Waals surface area contributed by atoms with E-state index >= 15 is 0 Å². The van der Waals surface area contributed by atoms with E-state index in [1.165, 1.54) is 11.3 Å². The molecule has 2 heterocycles. The van der Waals surface area contributed by atoms with E-state index in [4.69, 9.17) is 9.47 Å². The van der Waals surface area contributed by atoms with Crippen molar-refractivity contribution in [3.05, 3.63) is 35.3 Å². The SMILES string of the molecule is CCOC(=O)Nc1nc(CC(=O)N2CCN(c3cccc(OC)c3)CC2)cs1. The first-order valence-electron chi connectivity index (χ1n) is 9.14. The number of rotatable bonds is 6. The minimum absolute atomic E-state index is 0.0401. The number of amides is 2. The van der Waals surface area contributed by atoms with Crippen LogP contribution in [-0.2, 0) is 16.0 Å². The van der Waals surface area contributed by atoms with Gasteiger partial charge in [-0.05, 0) is 19.1 Å². The number of carbonyl (C=O) groups excluding carboxylic acids is 2. The molecule has 1 aliphatic heterocycles. The number of ether oxygens (including phenoxy) is 2. The van der Waals surface area contributed by atoms with E-state index in [9.17, 15) is 9.59 Å². The molecule has 2 aromatic rings. The molecule has 0 unspecified atom stereocenters. The van der Waals surface area contributed by atoms with Gasteiger partial charge in [0.1, 0.15) is 5.75 Å². The van der Waals surface area contributed by atoms with Gasteiger partial charge >= 0.3 is 6.09 Å². The van der Waals surface area contributed by atoms with Crippen molar-refractivity contribution in [3.8, 4) is 5.75 Å². The Morgan fingerprint density at radius 1 is 1.25 bits per heavy atom. The Morgan fingerprint density at radius 2 is 2.04 bits per heavy atom. The molecule has 0 atom stereocenters. The third kappa shape index (κ3) is 5.13. The zero-order chi connectivity index (χ0) is 19.9. The van der Waals surface area contributed by atoms with Crippen LogP contribution in [-0.4, -0.2) is 61.8 Å². The van der Waals surface area contributed by atoms with E-state index in [2.05, 4.69) is 15.2 Å². The molecular weight excluding hydrogens is 380 g/mol. The number of anilines is 2. The Morgan fingerprint density at radius 3 is 2.75 bits per heavy atom. The molecule has 0 saturated carbocycles. The molecule has 1 aliphatic rings. The van der Waals surface area contributed by atoms with E-state index in [-0.39, 0.29) is 12.3 Å². The lowest BCUT2D eigenvalue weighted by Crippen LogP contribution is -2.49. The van der Waals surface area contributed by atoms with Gasteiger partial charge in [0.05, 0.1) is 25.8 Å². The number of nitrogens with one attached hydrogen (secondary N) is 1. The number of aromatic nitrogens is 1. The molecule has 3 rings (SSSR count). The van der Waals surface area contributed by atoms with Crippen molar-refractivity contribution >= 4 is 34.2 Å². The van der Waals surface area contributed by atoms with Crippen molar-refractivity contribution in [2.75, 3.05) is 50.1 Å². The monoisotopic (exact) mass is 404 g/mol. The molecule has 0 radical (unpaired) electrons. The highest BCUT2D eigenvalue weighted by molar-refractivity contribution is 7.13. The fraction of sp³-hybridized carbons (Fsp3) is 0.421. The summed E-state index contributed by atoms with van der Waals surface area (Å²) in [7, 11) is 1.65. The molecule has 0 aliphatic carbocycles. The zero-order valence-corrected chi connectivity index (χ0v) is 16.8. The second kappa shape index (κ2) is 9.41. The lowest BCUT2D eigenvalue weighted by Gasteiger charge is -2.36. The van der Waals surface area contributed by atoms with E-state index in [1.54, 1.807) is 19.4 Å². The maximum absolute atomic E-state index is 12.6. The standard InChI is InChI=1S/C19H24N4O4S/c1-3-27-19(25)21-18-20-14(13-28-18)11-17(24)23-9-7-22(8-10-23)15-5-4-6-16(12-15)26-2/h4-6,12-13H,3,7-11H2,1-2H3,(H,20,21,25). The second-order valence-electron chi connectivity index (χ2n) is 6.24. The first-order chi connectivity index (χ1) is 13.6. The van der Waals surface area contributed by atoms with Crippen molar-refractivity contribution in [2.24, 2.45) is 0 Å². The van der Waals surface area contributed by atoms with Gasteiger partial charge in [-0.3, -0.25) is 10.1 Å². The molecule has 0 spiro atoms. The highest BCUT2D eigenvalue weighted by Crippen LogP contribution is 2.22. The summed E-state index contributed by atoms with van der Waals surface area (Å²) >= 11 is 1.28. The first-order valence-corrected chi connectivity index (χ1v) is 10.0. The number of hydrogen-bond acceptors (Lipinski definition) is 7. The van der Waals surface area contributed by atoms with Gasteiger partial charge in [0.15, 0.2) is 5.13 Å². The lowest BCUT2D eigenvalue weighted by atomic mass is 10.2. The third-order valence-electron chi connectivity index (χ3n) is 4.42. The molecule has 28 heavy (non-hydrogen) atoms. The van der Waals surface area contributed by atoms with Gasteiger partial charge in [0.2, 0.25) is 5.91 Å². The predicted octanol–water partition coefficient (Wildman–Crippen LogP) is 2.61. The molecule has 8 nitrogen and oxygen atoms in total. The van der Waals surface area contributed by atoms with E-state index < -0.39 is 6.09 Å². The lowest BCUT2D eigenvalue weighted by molar-refractivity contribution is -0.130. The molecular formula is C19H24N4O4S. The normalized spacial score (nSPS) is 13.9. The number of piperazine rings is 1. The van der Waals surface area contributed by atoms with Crippen LogP contribution in [0.2, 0.25) is 0 Å². The van der Waals surface area contributed by atoms with Gasteiger partial charge in [-0.2, -0.15) is 0 Å². The number of benzene rings is 1. The topological polar surface area (TPSA) is 84.0 Å². The smallest absolute Gasteiger partial charge is 0.413 e. The minimum Gasteiger partial charge on any atom is -0.497 e. The molecule has 1 aromatic carbocycles. The van der Waals surface area contributed by atoms with Crippen LogP contribution in [0.3, 0.4) is 0 Å². The fourth-order valence-corrected chi connectivity index (χ4v) is 3.68. The molecule has 9 heteroatoms. The Labute approximate surface area is 168 Å². The van der Waals surface area contributed by atoms with Gasteiger partial charge < -0.3 is 19.3 Å². The van der Waals surface area contributed by atoms with Crippen LogP contribution in [0.15, 0.2) is 29.6 Å². The highest BCUT2D eigenvalue weighted by atomic mass is 32.1. The summed E-state index contributed by atoms with van der Waals surface area (Å²) in [6.45, 7) is 4.89. The van der Waals surface area contributed by atoms with Crippen molar-refractivity contribution in [3.63, 3.8) is 0 Å². The largest absolute Gasteiger partial charge is 0.497 e. The number of hydrogen-bond donors (Lipinski definition) is 1. The maximum Gasteiger partial charge on any atom is 0.413 e. The van der Waals surface area contributed by atoms with Gasteiger partial charge in [-0.15, -0.1) is 11.3 Å². The van der Waals surface area contributed by atoms with Gasteiger partial charge in [-0.25, -0.2) is 9.78 Å². The zero-order valence-electron chi connectivity index (χ0n) is 16.0. The number of methoxy groups -OCH3 is 1. The van der Waals surface area contributed by atoms with Gasteiger partial charge in [0.25, 0.3) is 0 Å². The Balaban J connectivity index is 1.50. The van der Waals surface area contributed by atoms with Gasteiger partial charge in [0, 0.05) is 43.3 Å². The Kier molecular flexibility index (Phi) is 6.70. The summed E-state index contributed by atoms with van der Waals surface area (Å²) in [4.78, 5) is 32.4. The molecule has 2 amide bonds. The van der Waals surface area contributed by atoms with Crippen LogP contribution < -0.4 is 15.0 Å². The average molecular weight is 404 g/mol. The van der Waals surface area contributed by atoms with Crippen LogP contribution >= 0.6 is 11.3 Å². The van der Waals surface area contributed by atoms with Crippen LogP contribution in [0, 0.1) is 0 Å². The van der Waals surface area contributed by atoms with Crippen LogP contribution in [0.25, 0.3) is 0 Å². The third-order valence-corrected chi connectivity index (χ3v) is 5.23. The van der Waals surface area contributed by atoms with Crippen LogP contribution in [0.4, 0.5) is 15.6 Å². The summed E-state index contributed by atoms with van der Waals surface area (Å²) in [5, 5.41) is 4.77. The second-order valence-corrected chi connectivity index (χ2v) is 7.09. The van der Waals surface area contributed by atoms with Crippen molar-refractivity contribution in [2.45, 2.75) is 13.3 Å². The van der Waals surface area contributed by atoms with Gasteiger partial charge in [-0.1, -0.05) is 6.07 Å². The van der Waals surface area contributed by atoms with E-state index in [0.29, 0.717) is 30.5 Å². The van der Waals surface area contributed by atoms with Crippen LogP contribution in [0.5, 0.6) is 5.75 Å². The summed E-state index contributed by atoms with van der Waals surface area (Å²) in [6, 6.07) is 7.94. The number of nitrogens with zero attached hydrogens (tertiary/aromatic N) is 3. The van der Waals surface area contributed by atoms with E-state index in [0.717, 1.165) is 24.5 Å². The Bertz CT molecular complexity index is 818. The molecule has 1 saturated heterocycles. The van der Waals surface area contributed by atoms with Crippen molar-refractivity contribution < 1.29 is 19.1 Å². The number of thiazole rings is 1. The summed E-state index contributed by atoms with van der Waals surface area (Å²) < 4.78 is 10.1. The first kappa shape index (κ1) is 19.9. The molecule has 1 N–H and O–H groups in total. The fourth-order valence-electron chi connectivity index (χ4n) is 2.99. The number of carbonyl (C=O) groups is 2. The predicted molar refractivity (Wildman–Crippen MR) is 108 cm³/mol. The van der Waals surface area contributed by atoms with Crippen LogP contribution in [0.1, 0.15) is 12.6 Å². The summed E-state index contributed by atoms with van der Waals surface area (Å²) in [5.41, 5.74) is 1.75. The molecule has 150 valence electrons.